The molecule has 0 aliphatic carbocycles. The summed E-state index contributed by atoms with van der Waals surface area (Å²) in [6.07, 6.45) is 0. The van der Waals surface area contributed by atoms with Crippen molar-refractivity contribution in [1.82, 2.24) is 20.4 Å². The largest absolute Gasteiger partial charge is 0.361 e. The molecule has 6 nitrogen and oxygen atoms in total. The summed E-state index contributed by atoms with van der Waals surface area (Å²) in [4.78, 5) is 18.4. The number of nitrogens with zero attached hydrogens (tertiary/aromatic N) is 3. The lowest BCUT2D eigenvalue weighted by Gasteiger charge is -2.05. The lowest BCUT2D eigenvalue weighted by atomic mass is 10.2. The molecule has 0 saturated heterocycles. The summed E-state index contributed by atoms with van der Waals surface area (Å²) in [6.45, 7) is 4.83. The zero-order chi connectivity index (χ0) is 14.7. The Labute approximate surface area is 121 Å². The second kappa shape index (κ2) is 6.15. The van der Waals surface area contributed by atoms with Crippen LogP contribution in [0.3, 0.4) is 0 Å². The van der Waals surface area contributed by atoms with E-state index in [-0.39, 0.29) is 5.91 Å². The Morgan fingerprint density at radius 1 is 1.45 bits per heavy atom. The third-order valence-corrected chi connectivity index (χ3v) is 3.68. The van der Waals surface area contributed by atoms with Crippen molar-refractivity contribution in [3.05, 3.63) is 33.1 Å². The first-order valence-corrected chi connectivity index (χ1v) is 7.14. The molecule has 0 aliphatic rings. The van der Waals surface area contributed by atoms with Gasteiger partial charge in [-0.1, -0.05) is 5.16 Å². The molecule has 7 heteroatoms. The van der Waals surface area contributed by atoms with Gasteiger partial charge in [0.2, 0.25) is 0 Å². The maximum absolute atomic E-state index is 12.0. The smallest absolute Gasteiger partial charge is 0.271 e. The Balaban J connectivity index is 1.97. The molecule has 2 aromatic rings. The Bertz CT molecular complexity index is 584. The fraction of sp³-hybridized carbons (Fsp3) is 0.462. The molecular weight excluding hydrogens is 276 g/mol. The molecule has 0 atom stereocenters. The number of aromatic nitrogens is 2. The van der Waals surface area contributed by atoms with Crippen molar-refractivity contribution >= 4 is 17.2 Å². The third kappa shape index (κ3) is 3.43. The lowest BCUT2D eigenvalue weighted by molar-refractivity contribution is 0.0946. The Morgan fingerprint density at radius 3 is 2.80 bits per heavy atom. The summed E-state index contributed by atoms with van der Waals surface area (Å²) in [6, 6.07) is 0. The van der Waals surface area contributed by atoms with Gasteiger partial charge in [-0.25, -0.2) is 4.98 Å². The van der Waals surface area contributed by atoms with E-state index in [1.807, 2.05) is 32.8 Å². The van der Waals surface area contributed by atoms with E-state index in [4.69, 9.17) is 4.52 Å². The van der Waals surface area contributed by atoms with Crippen molar-refractivity contribution in [3.8, 4) is 0 Å². The zero-order valence-corrected chi connectivity index (χ0v) is 12.9. The molecule has 1 N–H and O–H groups in total. The second-order valence-electron chi connectivity index (χ2n) is 4.85. The lowest BCUT2D eigenvalue weighted by Crippen LogP contribution is -2.23. The molecule has 0 aromatic carbocycles. The molecule has 2 aromatic heterocycles. The van der Waals surface area contributed by atoms with Gasteiger partial charge < -0.3 is 14.7 Å². The normalized spacial score (nSPS) is 11.1. The summed E-state index contributed by atoms with van der Waals surface area (Å²) < 4.78 is 5.06. The van der Waals surface area contributed by atoms with Gasteiger partial charge in [0, 0.05) is 24.0 Å². The Hall–Kier alpha value is -1.73. The Kier molecular flexibility index (Phi) is 4.51. The molecule has 20 heavy (non-hydrogen) atoms. The highest BCUT2D eigenvalue weighted by molar-refractivity contribution is 7.09. The number of carbonyl (C=O) groups excluding carboxylic acids is 1. The SMILES string of the molecule is Cc1noc(C)c1CNC(=O)c1csc(CN(C)C)n1. The van der Waals surface area contributed by atoms with Crippen LogP contribution in [-0.4, -0.2) is 35.0 Å². The van der Waals surface area contributed by atoms with Gasteiger partial charge in [0.15, 0.2) is 0 Å². The van der Waals surface area contributed by atoms with Crippen LogP contribution in [0.25, 0.3) is 0 Å². The molecule has 2 rings (SSSR count). The number of amides is 1. The molecule has 1 amide bonds. The minimum Gasteiger partial charge on any atom is -0.361 e. The zero-order valence-electron chi connectivity index (χ0n) is 12.1. The Morgan fingerprint density at radius 2 is 2.20 bits per heavy atom. The first-order valence-electron chi connectivity index (χ1n) is 6.26. The number of hydrogen-bond donors (Lipinski definition) is 1. The second-order valence-corrected chi connectivity index (χ2v) is 5.79. The summed E-state index contributed by atoms with van der Waals surface area (Å²) in [5, 5.41) is 9.41. The molecular formula is C13H18N4O2S. The van der Waals surface area contributed by atoms with Gasteiger partial charge in [0.25, 0.3) is 5.91 Å². The van der Waals surface area contributed by atoms with Crippen LogP contribution in [0.1, 0.15) is 32.5 Å². The van der Waals surface area contributed by atoms with E-state index < -0.39 is 0 Å². The van der Waals surface area contributed by atoms with E-state index >= 15 is 0 Å². The van der Waals surface area contributed by atoms with Crippen molar-refractivity contribution in [2.45, 2.75) is 26.9 Å². The average Bonchev–Trinajstić information content (AvgIpc) is 2.95. The van der Waals surface area contributed by atoms with Gasteiger partial charge in [-0.05, 0) is 27.9 Å². The highest BCUT2D eigenvalue weighted by atomic mass is 32.1. The number of aryl methyl sites for hydroxylation is 2. The molecule has 0 saturated carbocycles. The maximum atomic E-state index is 12.0. The van der Waals surface area contributed by atoms with E-state index in [0.717, 1.165) is 28.6 Å². The maximum Gasteiger partial charge on any atom is 0.271 e. The van der Waals surface area contributed by atoms with E-state index in [2.05, 4.69) is 15.5 Å². The van der Waals surface area contributed by atoms with Crippen LogP contribution >= 0.6 is 11.3 Å². The van der Waals surface area contributed by atoms with Crippen LogP contribution < -0.4 is 5.32 Å². The van der Waals surface area contributed by atoms with Crippen LogP contribution in [0, 0.1) is 13.8 Å². The number of carbonyl (C=O) groups is 1. The van der Waals surface area contributed by atoms with Crippen molar-refractivity contribution < 1.29 is 9.32 Å². The van der Waals surface area contributed by atoms with Gasteiger partial charge in [0.05, 0.1) is 5.69 Å². The molecule has 0 spiro atoms. The number of hydrogen-bond acceptors (Lipinski definition) is 6. The number of rotatable bonds is 5. The predicted molar refractivity (Wildman–Crippen MR) is 76.7 cm³/mol. The van der Waals surface area contributed by atoms with Crippen molar-refractivity contribution in [2.24, 2.45) is 0 Å². The summed E-state index contributed by atoms with van der Waals surface area (Å²) in [7, 11) is 3.94. The van der Waals surface area contributed by atoms with Crippen molar-refractivity contribution in [1.29, 1.82) is 0 Å². The van der Waals surface area contributed by atoms with Crippen LogP contribution in [0.5, 0.6) is 0 Å². The summed E-state index contributed by atoms with van der Waals surface area (Å²) in [5.74, 6) is 0.556. The molecule has 108 valence electrons. The van der Waals surface area contributed by atoms with Crippen molar-refractivity contribution in [2.75, 3.05) is 14.1 Å². The monoisotopic (exact) mass is 294 g/mol. The van der Waals surface area contributed by atoms with Gasteiger partial charge in [0.1, 0.15) is 16.5 Å². The predicted octanol–water partition coefficient (Wildman–Crippen LogP) is 1.74. The van der Waals surface area contributed by atoms with Crippen LogP contribution in [0.4, 0.5) is 0 Å². The summed E-state index contributed by atoms with van der Waals surface area (Å²) >= 11 is 1.49. The minimum absolute atomic E-state index is 0.175. The molecule has 0 fully saturated rings. The van der Waals surface area contributed by atoms with Gasteiger partial charge in [-0.2, -0.15) is 0 Å². The van der Waals surface area contributed by atoms with Gasteiger partial charge in [-0.15, -0.1) is 11.3 Å². The molecule has 0 unspecified atom stereocenters. The highest BCUT2D eigenvalue weighted by Crippen LogP contribution is 2.13. The van der Waals surface area contributed by atoms with E-state index in [0.29, 0.717) is 12.2 Å². The summed E-state index contributed by atoms with van der Waals surface area (Å²) in [5.41, 5.74) is 2.18. The number of nitrogens with one attached hydrogen (secondary N) is 1. The first-order chi connectivity index (χ1) is 9.47. The molecule has 0 radical (unpaired) electrons. The molecule has 2 heterocycles. The number of thiazole rings is 1. The van der Waals surface area contributed by atoms with Crippen LogP contribution in [0.2, 0.25) is 0 Å². The average molecular weight is 294 g/mol. The molecule has 0 bridgehead atoms. The van der Waals surface area contributed by atoms with E-state index in [1.165, 1.54) is 11.3 Å². The van der Waals surface area contributed by atoms with Gasteiger partial charge in [-0.3, -0.25) is 4.79 Å². The van der Waals surface area contributed by atoms with E-state index in [1.54, 1.807) is 5.38 Å². The standard InChI is InChI=1S/C13H18N4O2S/c1-8-10(9(2)19-16-8)5-14-13(18)11-7-20-12(15-11)6-17(3)4/h7H,5-6H2,1-4H3,(H,14,18). The quantitative estimate of drug-likeness (QED) is 0.909. The van der Waals surface area contributed by atoms with Crippen molar-refractivity contribution in [3.63, 3.8) is 0 Å². The van der Waals surface area contributed by atoms with E-state index in [9.17, 15) is 4.79 Å². The topological polar surface area (TPSA) is 71.3 Å². The fourth-order valence-corrected chi connectivity index (χ4v) is 2.66. The van der Waals surface area contributed by atoms with Gasteiger partial charge >= 0.3 is 0 Å². The molecule has 0 aliphatic heterocycles. The fourth-order valence-electron chi connectivity index (χ4n) is 1.77. The third-order valence-electron chi connectivity index (χ3n) is 2.84. The first kappa shape index (κ1) is 14.7. The van der Waals surface area contributed by atoms with Crippen LogP contribution in [-0.2, 0) is 13.1 Å². The highest BCUT2D eigenvalue weighted by Gasteiger charge is 2.14. The van der Waals surface area contributed by atoms with Crippen LogP contribution in [0.15, 0.2) is 9.90 Å². The minimum atomic E-state index is -0.175.